The van der Waals surface area contributed by atoms with E-state index in [0.29, 0.717) is 5.69 Å². The Morgan fingerprint density at radius 2 is 1.47 bits per heavy atom. The average Bonchev–Trinajstić information content (AvgIpc) is 2.72. The predicted octanol–water partition coefficient (Wildman–Crippen LogP) is 4.82. The summed E-state index contributed by atoms with van der Waals surface area (Å²) in [4.78, 5) is 13.0. The molecule has 1 amide bonds. The highest BCUT2D eigenvalue weighted by molar-refractivity contribution is 7.92. The lowest BCUT2D eigenvalue weighted by molar-refractivity contribution is -0.120. The Morgan fingerprint density at radius 3 is 2.03 bits per heavy atom. The zero-order chi connectivity index (χ0) is 23.5. The maximum absolute atomic E-state index is 13.5. The fourth-order valence-corrected chi connectivity index (χ4v) is 4.90. The summed E-state index contributed by atoms with van der Waals surface area (Å²) < 4.78 is 41.3. The first kappa shape index (κ1) is 23.5. The third kappa shape index (κ3) is 5.53. The topological polar surface area (TPSA) is 66.5 Å². The van der Waals surface area contributed by atoms with Crippen LogP contribution in [0.2, 0.25) is 0 Å². The number of anilines is 1. The molecular weight excluding hydrogens is 427 g/mol. The number of carbonyl (C=O) groups is 1. The summed E-state index contributed by atoms with van der Waals surface area (Å²) in [6, 6.07) is 17.4. The highest BCUT2D eigenvalue weighted by atomic mass is 32.2. The first-order valence-corrected chi connectivity index (χ1v) is 11.7. The van der Waals surface area contributed by atoms with Crippen molar-refractivity contribution in [2.24, 2.45) is 0 Å². The number of hydrogen-bond donors (Lipinski definition) is 1. The van der Waals surface area contributed by atoms with Crippen molar-refractivity contribution in [1.82, 2.24) is 5.32 Å². The van der Waals surface area contributed by atoms with Gasteiger partial charge in [-0.25, -0.2) is 12.8 Å². The van der Waals surface area contributed by atoms with Crippen LogP contribution in [0.15, 0.2) is 71.6 Å². The number of halogens is 1. The van der Waals surface area contributed by atoms with Crippen molar-refractivity contribution in [3.8, 4) is 0 Å². The summed E-state index contributed by atoms with van der Waals surface area (Å²) in [6.07, 6.45) is 0. The monoisotopic (exact) mass is 454 g/mol. The van der Waals surface area contributed by atoms with Crippen LogP contribution in [-0.4, -0.2) is 20.9 Å². The molecule has 0 aliphatic carbocycles. The van der Waals surface area contributed by atoms with Gasteiger partial charge in [-0.1, -0.05) is 35.9 Å². The van der Waals surface area contributed by atoms with Gasteiger partial charge in [-0.3, -0.25) is 9.10 Å². The molecule has 3 rings (SSSR count). The number of hydrogen-bond acceptors (Lipinski definition) is 3. The van der Waals surface area contributed by atoms with Crippen LogP contribution in [0, 0.1) is 26.6 Å². The van der Waals surface area contributed by atoms with Crippen molar-refractivity contribution in [1.29, 1.82) is 0 Å². The van der Waals surface area contributed by atoms with Crippen LogP contribution in [0.4, 0.5) is 10.1 Å². The molecule has 0 heterocycles. The minimum absolute atomic E-state index is 0.113. The van der Waals surface area contributed by atoms with E-state index < -0.39 is 22.0 Å². The molecule has 7 heteroatoms. The van der Waals surface area contributed by atoms with Gasteiger partial charge >= 0.3 is 0 Å². The van der Waals surface area contributed by atoms with E-state index in [2.05, 4.69) is 5.32 Å². The first-order chi connectivity index (χ1) is 15.1. The molecule has 3 aromatic rings. The molecule has 0 bridgehead atoms. The fraction of sp³-hybridized carbons (Fsp3) is 0.240. The zero-order valence-electron chi connectivity index (χ0n) is 18.6. The van der Waals surface area contributed by atoms with E-state index in [1.54, 1.807) is 55.5 Å². The number of amides is 1. The Labute approximate surface area is 188 Å². The van der Waals surface area contributed by atoms with E-state index in [9.17, 15) is 17.6 Å². The molecule has 3 aromatic carbocycles. The second-order valence-electron chi connectivity index (χ2n) is 8.01. The highest BCUT2D eigenvalue weighted by Crippen LogP contribution is 2.26. The number of aryl methyl sites for hydroxylation is 3. The molecule has 0 fully saturated rings. The van der Waals surface area contributed by atoms with E-state index in [-0.39, 0.29) is 17.3 Å². The number of sulfonamides is 1. The van der Waals surface area contributed by atoms with Crippen molar-refractivity contribution >= 4 is 21.6 Å². The van der Waals surface area contributed by atoms with Crippen molar-refractivity contribution in [2.45, 2.75) is 38.6 Å². The Bertz CT molecular complexity index is 1190. The molecule has 1 N–H and O–H groups in total. The molecule has 0 radical (unpaired) electrons. The van der Waals surface area contributed by atoms with E-state index in [1.165, 1.54) is 12.1 Å². The van der Waals surface area contributed by atoms with Crippen LogP contribution >= 0.6 is 0 Å². The molecule has 0 aromatic heterocycles. The quantitative estimate of drug-likeness (QED) is 0.556. The Balaban J connectivity index is 1.92. The number of nitrogens with zero attached hydrogens (tertiary/aromatic N) is 1. The maximum atomic E-state index is 13.5. The molecule has 168 valence electrons. The number of benzene rings is 3. The van der Waals surface area contributed by atoms with Crippen molar-refractivity contribution in [2.75, 3.05) is 10.8 Å². The Kier molecular flexibility index (Phi) is 6.99. The van der Waals surface area contributed by atoms with E-state index >= 15 is 0 Å². The van der Waals surface area contributed by atoms with Crippen LogP contribution in [0.1, 0.15) is 35.2 Å². The normalized spacial score (nSPS) is 12.3. The van der Waals surface area contributed by atoms with Crippen molar-refractivity contribution < 1.29 is 17.6 Å². The van der Waals surface area contributed by atoms with Crippen LogP contribution in [0.5, 0.6) is 0 Å². The van der Waals surface area contributed by atoms with E-state index in [1.807, 2.05) is 26.8 Å². The molecule has 0 aliphatic rings. The van der Waals surface area contributed by atoms with E-state index in [0.717, 1.165) is 26.6 Å². The lowest BCUT2D eigenvalue weighted by Gasteiger charge is -2.26. The van der Waals surface area contributed by atoms with Crippen LogP contribution < -0.4 is 9.62 Å². The number of nitrogens with one attached hydrogen (secondary N) is 1. The van der Waals surface area contributed by atoms with Gasteiger partial charge in [-0.05, 0) is 80.8 Å². The van der Waals surface area contributed by atoms with Gasteiger partial charge in [0.05, 0.1) is 16.6 Å². The second-order valence-corrected chi connectivity index (χ2v) is 9.87. The summed E-state index contributed by atoms with van der Waals surface area (Å²) in [5.41, 5.74) is 3.87. The Morgan fingerprint density at radius 1 is 0.906 bits per heavy atom. The minimum atomic E-state index is -3.98. The summed E-state index contributed by atoms with van der Waals surface area (Å²) in [5.74, 6) is -0.825. The highest BCUT2D eigenvalue weighted by Gasteiger charge is 2.28. The zero-order valence-corrected chi connectivity index (χ0v) is 19.4. The molecule has 0 aliphatic heterocycles. The Hall–Kier alpha value is -3.19. The minimum Gasteiger partial charge on any atom is -0.348 e. The summed E-state index contributed by atoms with van der Waals surface area (Å²) in [5, 5.41) is 2.81. The molecule has 5 nitrogen and oxygen atoms in total. The molecule has 0 saturated carbocycles. The van der Waals surface area contributed by atoms with Gasteiger partial charge in [0.2, 0.25) is 5.91 Å². The van der Waals surface area contributed by atoms with Gasteiger partial charge in [0, 0.05) is 0 Å². The maximum Gasteiger partial charge on any atom is 0.264 e. The van der Waals surface area contributed by atoms with Crippen LogP contribution in [0.25, 0.3) is 0 Å². The number of carbonyl (C=O) groups excluding carboxylic acids is 1. The van der Waals surface area contributed by atoms with Crippen molar-refractivity contribution in [3.05, 3.63) is 94.8 Å². The lowest BCUT2D eigenvalue weighted by Crippen LogP contribution is -2.41. The molecule has 32 heavy (non-hydrogen) atoms. The summed E-state index contributed by atoms with van der Waals surface area (Å²) in [7, 11) is -3.98. The second kappa shape index (κ2) is 9.53. The standard InChI is InChI=1S/C25H27FN2O3S/c1-17-5-11-24(12-6-17)32(30,31)28(23-14-18(2)13-19(3)15-23)16-25(29)27-20(4)21-7-9-22(26)10-8-21/h5-15,20H,16H2,1-4H3,(H,27,29)/t20-/m0/s1. The van der Waals surface area contributed by atoms with Crippen molar-refractivity contribution in [3.63, 3.8) is 0 Å². The smallest absolute Gasteiger partial charge is 0.264 e. The predicted molar refractivity (Wildman–Crippen MR) is 125 cm³/mol. The fourth-order valence-electron chi connectivity index (χ4n) is 3.50. The first-order valence-electron chi connectivity index (χ1n) is 10.3. The van der Waals surface area contributed by atoms with E-state index in [4.69, 9.17) is 0 Å². The SMILES string of the molecule is Cc1ccc(S(=O)(=O)N(CC(=O)N[C@@H](C)c2ccc(F)cc2)c2cc(C)cc(C)c2)cc1. The van der Waals surface area contributed by atoms with Gasteiger partial charge in [-0.15, -0.1) is 0 Å². The number of rotatable bonds is 7. The molecular formula is C25H27FN2O3S. The van der Waals surface area contributed by atoms with Gasteiger partial charge < -0.3 is 5.32 Å². The molecule has 0 saturated heterocycles. The molecule has 0 unspecified atom stereocenters. The third-order valence-corrected chi connectivity index (χ3v) is 6.93. The third-order valence-electron chi connectivity index (χ3n) is 5.14. The molecule has 1 atom stereocenters. The van der Waals surface area contributed by atoms with Gasteiger partial charge in [0.15, 0.2) is 0 Å². The summed E-state index contributed by atoms with van der Waals surface area (Å²) >= 11 is 0. The van der Waals surface area contributed by atoms with Gasteiger partial charge in [0.1, 0.15) is 12.4 Å². The lowest BCUT2D eigenvalue weighted by atomic mass is 10.1. The average molecular weight is 455 g/mol. The van der Waals surface area contributed by atoms with Gasteiger partial charge in [0.25, 0.3) is 10.0 Å². The van der Waals surface area contributed by atoms with Crippen LogP contribution in [-0.2, 0) is 14.8 Å². The van der Waals surface area contributed by atoms with Crippen LogP contribution in [0.3, 0.4) is 0 Å². The molecule has 0 spiro atoms. The largest absolute Gasteiger partial charge is 0.348 e. The van der Waals surface area contributed by atoms with Gasteiger partial charge in [-0.2, -0.15) is 0 Å². The summed E-state index contributed by atoms with van der Waals surface area (Å²) in [6.45, 7) is 7.02.